The van der Waals surface area contributed by atoms with Crippen molar-refractivity contribution in [1.29, 1.82) is 0 Å². The number of rotatable bonds is 9. The van der Waals surface area contributed by atoms with E-state index in [0.29, 0.717) is 29.5 Å². The Balaban J connectivity index is 1.41. The summed E-state index contributed by atoms with van der Waals surface area (Å²) in [7, 11) is 0. The summed E-state index contributed by atoms with van der Waals surface area (Å²) in [6.07, 6.45) is 17.6. The first-order chi connectivity index (χ1) is 15.6. The van der Waals surface area contributed by atoms with Crippen LogP contribution in [-0.2, 0) is 6.42 Å². The van der Waals surface area contributed by atoms with Crippen molar-refractivity contribution in [3.8, 4) is 0 Å². The van der Waals surface area contributed by atoms with Gasteiger partial charge in [-0.1, -0.05) is 69.7 Å². The molecule has 2 fully saturated rings. The lowest BCUT2D eigenvalue weighted by Crippen LogP contribution is -2.30. The highest BCUT2D eigenvalue weighted by atomic mass is 19.1. The molecular weight excluding hydrogens is 398 g/mol. The van der Waals surface area contributed by atoms with Gasteiger partial charge in [-0.3, -0.25) is 0 Å². The van der Waals surface area contributed by atoms with E-state index >= 15 is 0 Å². The van der Waals surface area contributed by atoms with Crippen LogP contribution in [0.2, 0.25) is 0 Å². The SMILES string of the molecule is C=CCCc1c(F)cc2cc([C@@H]3CC[C@@H]4CC(CCCCCC)CCC4C3)ccc2c1F. The Hall–Kier alpha value is -1.70. The molecule has 32 heavy (non-hydrogen) atoms. The van der Waals surface area contributed by atoms with E-state index in [9.17, 15) is 8.78 Å². The van der Waals surface area contributed by atoms with E-state index in [0.717, 1.165) is 17.8 Å². The Morgan fingerprint density at radius 3 is 2.59 bits per heavy atom. The largest absolute Gasteiger partial charge is 0.207 e. The van der Waals surface area contributed by atoms with Crippen molar-refractivity contribution in [2.75, 3.05) is 0 Å². The van der Waals surface area contributed by atoms with Crippen LogP contribution in [-0.4, -0.2) is 0 Å². The maximum Gasteiger partial charge on any atom is 0.137 e. The fourth-order valence-electron chi connectivity index (χ4n) is 6.53. The standard InChI is InChI=1S/C30H40F2/c1-3-5-7-8-9-21-11-12-23-18-24(14-13-22(23)17-21)25-15-16-27-26(19-25)20-29(31)28(30(27)32)10-6-4-2/h4,15-16,19-24H,2-3,5-14,17-18H2,1H3/t21?,22-,23?,24-/m1/s1. The zero-order chi connectivity index (χ0) is 22.5. The fourth-order valence-corrected chi connectivity index (χ4v) is 6.53. The summed E-state index contributed by atoms with van der Waals surface area (Å²) in [5.74, 6) is 2.41. The van der Waals surface area contributed by atoms with Crippen molar-refractivity contribution in [1.82, 2.24) is 0 Å². The Morgan fingerprint density at radius 2 is 1.78 bits per heavy atom. The summed E-state index contributed by atoms with van der Waals surface area (Å²) in [5.41, 5.74) is 1.47. The van der Waals surface area contributed by atoms with Crippen LogP contribution < -0.4 is 0 Å². The van der Waals surface area contributed by atoms with Crippen molar-refractivity contribution >= 4 is 10.8 Å². The van der Waals surface area contributed by atoms with Crippen LogP contribution in [0.15, 0.2) is 36.9 Å². The first-order valence-electron chi connectivity index (χ1n) is 13.1. The molecule has 4 rings (SSSR count). The molecule has 2 aliphatic carbocycles. The molecule has 0 radical (unpaired) electrons. The van der Waals surface area contributed by atoms with Crippen molar-refractivity contribution in [3.63, 3.8) is 0 Å². The highest BCUT2D eigenvalue weighted by Crippen LogP contribution is 2.48. The van der Waals surface area contributed by atoms with Gasteiger partial charge in [-0.05, 0) is 85.6 Å². The minimum atomic E-state index is -0.421. The molecule has 2 unspecified atom stereocenters. The molecule has 2 aromatic carbocycles. The maximum atomic E-state index is 14.9. The highest BCUT2D eigenvalue weighted by molar-refractivity contribution is 5.85. The van der Waals surface area contributed by atoms with E-state index in [4.69, 9.17) is 0 Å². The monoisotopic (exact) mass is 438 g/mol. The van der Waals surface area contributed by atoms with Crippen LogP contribution in [0, 0.1) is 29.4 Å². The van der Waals surface area contributed by atoms with Crippen molar-refractivity contribution in [3.05, 3.63) is 59.7 Å². The number of hydrogen-bond donors (Lipinski definition) is 0. The Kier molecular flexibility index (Phi) is 8.02. The van der Waals surface area contributed by atoms with Gasteiger partial charge in [0.15, 0.2) is 0 Å². The van der Waals surface area contributed by atoms with Gasteiger partial charge in [-0.15, -0.1) is 6.58 Å². The van der Waals surface area contributed by atoms with Gasteiger partial charge < -0.3 is 0 Å². The van der Waals surface area contributed by atoms with E-state index in [-0.39, 0.29) is 5.56 Å². The minimum Gasteiger partial charge on any atom is -0.207 e. The first-order valence-corrected chi connectivity index (χ1v) is 13.1. The molecule has 0 aliphatic heterocycles. The molecule has 2 saturated carbocycles. The second kappa shape index (κ2) is 10.9. The molecule has 0 bridgehead atoms. The molecule has 2 heteroatoms. The Morgan fingerprint density at radius 1 is 0.969 bits per heavy atom. The lowest BCUT2D eigenvalue weighted by Gasteiger charge is -2.42. The fraction of sp³-hybridized carbons (Fsp3) is 0.600. The smallest absolute Gasteiger partial charge is 0.137 e. The third kappa shape index (κ3) is 5.26. The third-order valence-electron chi connectivity index (χ3n) is 8.40. The molecule has 0 N–H and O–H groups in total. The molecule has 0 spiro atoms. The average molecular weight is 439 g/mol. The van der Waals surface area contributed by atoms with Gasteiger partial charge in [0.2, 0.25) is 0 Å². The quantitative estimate of drug-likeness (QED) is 0.270. The predicted molar refractivity (Wildman–Crippen MR) is 132 cm³/mol. The second-order valence-electron chi connectivity index (χ2n) is 10.5. The molecule has 0 nitrogen and oxygen atoms in total. The van der Waals surface area contributed by atoms with Crippen LogP contribution in [0.5, 0.6) is 0 Å². The number of fused-ring (bicyclic) bond motifs is 2. The molecule has 4 atom stereocenters. The van der Waals surface area contributed by atoms with Gasteiger partial charge in [0.1, 0.15) is 11.6 Å². The number of benzene rings is 2. The topological polar surface area (TPSA) is 0 Å². The van der Waals surface area contributed by atoms with Crippen LogP contribution in [0.4, 0.5) is 8.78 Å². The number of halogens is 2. The minimum absolute atomic E-state index is 0.192. The van der Waals surface area contributed by atoms with Gasteiger partial charge in [-0.25, -0.2) is 8.78 Å². The summed E-state index contributed by atoms with van der Waals surface area (Å²) in [4.78, 5) is 0. The lowest BCUT2D eigenvalue weighted by molar-refractivity contribution is 0.113. The number of allylic oxidation sites excluding steroid dienone is 1. The Labute approximate surface area is 193 Å². The van der Waals surface area contributed by atoms with E-state index in [2.05, 4.69) is 25.6 Å². The van der Waals surface area contributed by atoms with Crippen molar-refractivity contribution < 1.29 is 8.78 Å². The molecule has 0 aromatic heterocycles. The van der Waals surface area contributed by atoms with Gasteiger partial charge in [0, 0.05) is 10.9 Å². The molecule has 2 aliphatic rings. The number of unbranched alkanes of at least 4 members (excludes halogenated alkanes) is 3. The van der Waals surface area contributed by atoms with Gasteiger partial charge in [-0.2, -0.15) is 0 Å². The average Bonchev–Trinajstić information content (AvgIpc) is 2.81. The van der Waals surface area contributed by atoms with Crippen LogP contribution in [0.25, 0.3) is 10.8 Å². The van der Waals surface area contributed by atoms with E-state index in [1.807, 2.05) is 6.07 Å². The summed E-state index contributed by atoms with van der Waals surface area (Å²) in [5, 5.41) is 1.25. The predicted octanol–water partition coefficient (Wildman–Crippen LogP) is 9.51. The van der Waals surface area contributed by atoms with Gasteiger partial charge in [0.05, 0.1) is 0 Å². The summed E-state index contributed by atoms with van der Waals surface area (Å²) in [6, 6.07) is 7.58. The van der Waals surface area contributed by atoms with Crippen molar-refractivity contribution in [2.24, 2.45) is 17.8 Å². The van der Waals surface area contributed by atoms with Crippen LogP contribution in [0.1, 0.15) is 101 Å². The summed E-state index contributed by atoms with van der Waals surface area (Å²) < 4.78 is 29.5. The van der Waals surface area contributed by atoms with Gasteiger partial charge >= 0.3 is 0 Å². The molecule has 0 amide bonds. The number of hydrogen-bond acceptors (Lipinski definition) is 0. The van der Waals surface area contributed by atoms with E-state index in [1.165, 1.54) is 82.3 Å². The molecule has 174 valence electrons. The molecular formula is C30H40F2. The van der Waals surface area contributed by atoms with Crippen LogP contribution in [0.3, 0.4) is 0 Å². The molecule has 0 heterocycles. The third-order valence-corrected chi connectivity index (χ3v) is 8.40. The maximum absolute atomic E-state index is 14.9. The zero-order valence-electron chi connectivity index (χ0n) is 19.9. The summed E-state index contributed by atoms with van der Waals surface area (Å²) in [6.45, 7) is 5.95. The van der Waals surface area contributed by atoms with Crippen LogP contribution >= 0.6 is 0 Å². The van der Waals surface area contributed by atoms with E-state index < -0.39 is 11.6 Å². The van der Waals surface area contributed by atoms with Gasteiger partial charge in [0.25, 0.3) is 0 Å². The first kappa shape index (κ1) is 23.5. The van der Waals surface area contributed by atoms with Crippen molar-refractivity contribution in [2.45, 2.75) is 96.3 Å². The Bertz CT molecular complexity index is 915. The normalized spacial score (nSPS) is 25.6. The van der Waals surface area contributed by atoms with E-state index in [1.54, 1.807) is 6.08 Å². The zero-order valence-corrected chi connectivity index (χ0v) is 19.9. The molecule has 0 saturated heterocycles. The summed E-state index contributed by atoms with van der Waals surface area (Å²) >= 11 is 0. The highest BCUT2D eigenvalue weighted by Gasteiger charge is 2.35. The second-order valence-corrected chi connectivity index (χ2v) is 10.5. The lowest BCUT2D eigenvalue weighted by atomic mass is 9.63. The molecule has 2 aromatic rings.